The third kappa shape index (κ3) is 5.81. The van der Waals surface area contributed by atoms with E-state index in [4.69, 9.17) is 0 Å². The van der Waals surface area contributed by atoms with Gasteiger partial charge in [-0.2, -0.15) is 0 Å². The number of carbonyl (C=O) groups is 1. The Balaban J connectivity index is 1.52. The molecule has 0 aromatic heterocycles. The number of rotatable bonds is 7. The minimum absolute atomic E-state index is 0.114. The SMILES string of the molecule is CN=C(NCc1cccc(NC(=O)C2CCC2)c1)NCC(C)(C)c1cccc(F)c1. The minimum Gasteiger partial charge on any atom is -0.356 e. The molecule has 5 nitrogen and oxygen atoms in total. The zero-order valence-electron chi connectivity index (χ0n) is 18.0. The molecule has 0 saturated heterocycles. The van der Waals surface area contributed by atoms with Crippen LogP contribution in [0.3, 0.4) is 0 Å². The van der Waals surface area contributed by atoms with Crippen LogP contribution in [-0.4, -0.2) is 25.5 Å². The van der Waals surface area contributed by atoms with Crippen LogP contribution in [0.4, 0.5) is 10.1 Å². The van der Waals surface area contributed by atoms with Crippen molar-refractivity contribution in [1.29, 1.82) is 0 Å². The Morgan fingerprint density at radius 3 is 2.57 bits per heavy atom. The molecule has 1 amide bonds. The standard InChI is InChI=1S/C24H31FN4O/c1-24(2,19-10-6-11-20(25)14-19)16-28-23(26-3)27-15-17-7-4-12-21(13-17)29-22(30)18-8-5-9-18/h4,6-7,10-14,18H,5,8-9,15-16H2,1-3H3,(H,29,30)(H2,26,27,28). The van der Waals surface area contributed by atoms with E-state index in [9.17, 15) is 9.18 Å². The van der Waals surface area contributed by atoms with Gasteiger partial charge in [0.25, 0.3) is 0 Å². The van der Waals surface area contributed by atoms with Crippen LogP contribution in [0.15, 0.2) is 53.5 Å². The Morgan fingerprint density at radius 2 is 1.90 bits per heavy atom. The van der Waals surface area contributed by atoms with E-state index in [-0.39, 0.29) is 23.1 Å². The minimum atomic E-state index is -0.258. The Kier molecular flexibility index (Phi) is 7.08. The number of hydrogen-bond donors (Lipinski definition) is 3. The fourth-order valence-corrected chi connectivity index (χ4v) is 3.40. The van der Waals surface area contributed by atoms with E-state index in [0.717, 1.165) is 36.1 Å². The van der Waals surface area contributed by atoms with Gasteiger partial charge in [-0.15, -0.1) is 0 Å². The van der Waals surface area contributed by atoms with Gasteiger partial charge in [-0.1, -0.05) is 44.5 Å². The topological polar surface area (TPSA) is 65.5 Å². The lowest BCUT2D eigenvalue weighted by Gasteiger charge is -2.27. The molecule has 30 heavy (non-hydrogen) atoms. The summed E-state index contributed by atoms with van der Waals surface area (Å²) in [5, 5.41) is 9.63. The van der Waals surface area contributed by atoms with Gasteiger partial charge in [-0.25, -0.2) is 4.39 Å². The summed E-state index contributed by atoms with van der Waals surface area (Å²) in [7, 11) is 1.72. The Morgan fingerprint density at radius 1 is 1.13 bits per heavy atom. The van der Waals surface area contributed by atoms with Crippen molar-refractivity contribution in [2.75, 3.05) is 18.9 Å². The first kappa shape index (κ1) is 21.8. The fourth-order valence-electron chi connectivity index (χ4n) is 3.40. The van der Waals surface area contributed by atoms with E-state index in [1.165, 1.54) is 6.07 Å². The van der Waals surface area contributed by atoms with Crippen LogP contribution >= 0.6 is 0 Å². The van der Waals surface area contributed by atoms with Crippen molar-refractivity contribution in [3.8, 4) is 0 Å². The number of nitrogens with one attached hydrogen (secondary N) is 3. The summed E-state index contributed by atoms with van der Waals surface area (Å²) in [6.45, 7) is 5.31. The summed E-state index contributed by atoms with van der Waals surface area (Å²) >= 11 is 0. The lowest BCUT2D eigenvalue weighted by molar-refractivity contribution is -0.122. The molecule has 1 aliphatic rings. The van der Waals surface area contributed by atoms with Gasteiger partial charge in [0.1, 0.15) is 5.82 Å². The summed E-state index contributed by atoms with van der Waals surface area (Å²) in [6, 6.07) is 14.5. The molecule has 1 saturated carbocycles. The largest absolute Gasteiger partial charge is 0.356 e. The highest BCUT2D eigenvalue weighted by Gasteiger charge is 2.25. The van der Waals surface area contributed by atoms with Crippen molar-refractivity contribution in [1.82, 2.24) is 10.6 Å². The second kappa shape index (κ2) is 9.74. The smallest absolute Gasteiger partial charge is 0.227 e. The quantitative estimate of drug-likeness (QED) is 0.473. The second-order valence-corrected chi connectivity index (χ2v) is 8.49. The predicted molar refractivity (Wildman–Crippen MR) is 120 cm³/mol. The number of carbonyl (C=O) groups excluding carboxylic acids is 1. The number of hydrogen-bond acceptors (Lipinski definition) is 2. The molecule has 3 rings (SSSR count). The van der Waals surface area contributed by atoms with Crippen LogP contribution in [0, 0.1) is 11.7 Å². The Hall–Kier alpha value is -2.89. The number of nitrogens with zero attached hydrogens (tertiary/aromatic N) is 1. The summed E-state index contributed by atoms with van der Waals surface area (Å²) in [5.41, 5.74) is 2.54. The molecule has 0 atom stereocenters. The third-order valence-electron chi connectivity index (χ3n) is 5.66. The molecule has 0 spiro atoms. The van der Waals surface area contributed by atoms with Crippen LogP contribution in [0.5, 0.6) is 0 Å². The fraction of sp³-hybridized carbons (Fsp3) is 0.417. The van der Waals surface area contributed by atoms with E-state index in [1.807, 2.05) is 30.3 Å². The molecule has 3 N–H and O–H groups in total. The summed E-state index contributed by atoms with van der Waals surface area (Å²) < 4.78 is 13.6. The molecule has 0 radical (unpaired) electrons. The maximum Gasteiger partial charge on any atom is 0.227 e. The highest BCUT2D eigenvalue weighted by molar-refractivity contribution is 5.93. The summed E-state index contributed by atoms with van der Waals surface area (Å²) in [4.78, 5) is 16.4. The van der Waals surface area contributed by atoms with Crippen LogP contribution in [0.2, 0.25) is 0 Å². The maximum atomic E-state index is 13.6. The monoisotopic (exact) mass is 410 g/mol. The van der Waals surface area contributed by atoms with Crippen molar-refractivity contribution < 1.29 is 9.18 Å². The Labute approximate surface area is 178 Å². The van der Waals surface area contributed by atoms with Crippen molar-refractivity contribution in [3.05, 3.63) is 65.5 Å². The normalized spacial score (nSPS) is 14.7. The molecular weight excluding hydrogens is 379 g/mol. The number of amides is 1. The van der Waals surface area contributed by atoms with E-state index in [2.05, 4.69) is 34.8 Å². The first-order chi connectivity index (χ1) is 14.4. The number of halogens is 1. The van der Waals surface area contributed by atoms with E-state index in [1.54, 1.807) is 19.2 Å². The number of benzene rings is 2. The maximum absolute atomic E-state index is 13.6. The average Bonchev–Trinajstić information content (AvgIpc) is 2.67. The molecule has 160 valence electrons. The first-order valence-electron chi connectivity index (χ1n) is 10.5. The zero-order chi connectivity index (χ0) is 21.6. The zero-order valence-corrected chi connectivity index (χ0v) is 18.0. The van der Waals surface area contributed by atoms with Crippen LogP contribution < -0.4 is 16.0 Å². The van der Waals surface area contributed by atoms with E-state index in [0.29, 0.717) is 19.0 Å². The van der Waals surface area contributed by atoms with Crippen molar-refractivity contribution >= 4 is 17.6 Å². The molecule has 0 bridgehead atoms. The van der Waals surface area contributed by atoms with Gasteiger partial charge in [0.15, 0.2) is 5.96 Å². The van der Waals surface area contributed by atoms with Gasteiger partial charge in [0, 0.05) is 37.2 Å². The number of anilines is 1. The first-order valence-corrected chi connectivity index (χ1v) is 10.5. The predicted octanol–water partition coefficient (Wildman–Crippen LogP) is 4.21. The number of guanidine groups is 1. The molecule has 0 heterocycles. The van der Waals surface area contributed by atoms with Gasteiger partial charge in [0.2, 0.25) is 5.91 Å². The average molecular weight is 411 g/mol. The lowest BCUT2D eigenvalue weighted by Crippen LogP contribution is -2.43. The Bertz CT molecular complexity index is 906. The second-order valence-electron chi connectivity index (χ2n) is 8.49. The molecular formula is C24H31FN4O. The van der Waals surface area contributed by atoms with E-state index < -0.39 is 0 Å². The molecule has 6 heteroatoms. The highest BCUT2D eigenvalue weighted by atomic mass is 19.1. The van der Waals surface area contributed by atoms with Gasteiger partial charge in [0.05, 0.1) is 0 Å². The molecule has 1 aliphatic carbocycles. The molecule has 0 unspecified atom stereocenters. The highest BCUT2D eigenvalue weighted by Crippen LogP contribution is 2.27. The molecule has 1 fully saturated rings. The van der Waals surface area contributed by atoms with Gasteiger partial charge >= 0.3 is 0 Å². The van der Waals surface area contributed by atoms with Gasteiger partial charge in [-0.3, -0.25) is 9.79 Å². The molecule has 2 aromatic rings. The van der Waals surface area contributed by atoms with Gasteiger partial charge in [-0.05, 0) is 48.2 Å². The van der Waals surface area contributed by atoms with Crippen molar-refractivity contribution in [2.24, 2.45) is 10.9 Å². The van der Waals surface area contributed by atoms with Crippen LogP contribution in [0.1, 0.15) is 44.2 Å². The van der Waals surface area contributed by atoms with Crippen molar-refractivity contribution in [3.63, 3.8) is 0 Å². The van der Waals surface area contributed by atoms with E-state index >= 15 is 0 Å². The summed E-state index contributed by atoms with van der Waals surface area (Å²) in [5.74, 6) is 0.718. The number of aliphatic imine (C=N–C) groups is 1. The van der Waals surface area contributed by atoms with Crippen LogP contribution in [0.25, 0.3) is 0 Å². The van der Waals surface area contributed by atoms with Crippen molar-refractivity contribution in [2.45, 2.75) is 45.1 Å². The lowest BCUT2D eigenvalue weighted by atomic mass is 9.84. The molecule has 0 aliphatic heterocycles. The third-order valence-corrected chi connectivity index (χ3v) is 5.66. The van der Waals surface area contributed by atoms with Crippen LogP contribution in [-0.2, 0) is 16.8 Å². The molecule has 2 aromatic carbocycles. The van der Waals surface area contributed by atoms with Gasteiger partial charge < -0.3 is 16.0 Å². The summed E-state index contributed by atoms with van der Waals surface area (Å²) in [6.07, 6.45) is 3.12.